The number of aliphatic carboxylic acids is 1. The van der Waals surface area contributed by atoms with E-state index in [9.17, 15) is 9.90 Å². The van der Waals surface area contributed by atoms with E-state index in [0.717, 1.165) is 19.3 Å². The van der Waals surface area contributed by atoms with E-state index in [2.05, 4.69) is 6.92 Å². The Labute approximate surface area is 93.5 Å². The molecule has 0 aromatic rings. The Bertz CT molecular complexity index is 129. The summed E-state index contributed by atoms with van der Waals surface area (Å²) in [5.74, 6) is -0.887. The molecule has 0 spiro atoms. The van der Waals surface area contributed by atoms with Crippen molar-refractivity contribution in [3.63, 3.8) is 0 Å². The molecular weight excluding hydrogens is 192 g/mol. The van der Waals surface area contributed by atoms with Crippen LogP contribution in [0.25, 0.3) is 0 Å². The highest BCUT2D eigenvalue weighted by molar-refractivity contribution is 5.69. The highest BCUT2D eigenvalue weighted by Crippen LogP contribution is 2.00. The van der Waals surface area contributed by atoms with Crippen molar-refractivity contribution in [1.29, 1.82) is 0 Å². The number of hydrogen-bond donors (Lipinski definition) is 1. The number of rotatable bonds is 7. The summed E-state index contributed by atoms with van der Waals surface area (Å²) in [6, 6.07) is 0. The van der Waals surface area contributed by atoms with Gasteiger partial charge in [0.05, 0.1) is 12.5 Å². The molecule has 0 aromatic carbocycles. The van der Waals surface area contributed by atoms with E-state index < -0.39 is 5.97 Å². The molecule has 0 fully saturated rings. The van der Waals surface area contributed by atoms with Gasteiger partial charge in [0.1, 0.15) is 0 Å². The minimum atomic E-state index is -0.706. The zero-order chi connectivity index (χ0) is 12.1. The Morgan fingerprint density at radius 2 is 1.67 bits per heavy atom. The second kappa shape index (κ2) is 13.4. The lowest BCUT2D eigenvalue weighted by atomic mass is 10.1. The van der Waals surface area contributed by atoms with E-state index in [1.54, 1.807) is 6.92 Å². The second-order valence-electron chi connectivity index (χ2n) is 3.77. The van der Waals surface area contributed by atoms with E-state index in [1.165, 1.54) is 19.3 Å². The molecule has 1 radical (unpaired) electrons. The minimum absolute atomic E-state index is 0.115. The maximum absolute atomic E-state index is 9.93. The molecule has 3 nitrogen and oxygen atoms in total. The van der Waals surface area contributed by atoms with Gasteiger partial charge in [0, 0.05) is 0 Å². The molecule has 0 aliphatic rings. The third-order valence-corrected chi connectivity index (χ3v) is 2.28. The molecule has 3 heteroatoms. The summed E-state index contributed by atoms with van der Waals surface area (Å²) >= 11 is 0. The van der Waals surface area contributed by atoms with Crippen LogP contribution in [-0.2, 0) is 9.90 Å². The van der Waals surface area contributed by atoms with Crippen LogP contribution in [0.4, 0.5) is 0 Å². The Morgan fingerprint density at radius 3 is 1.93 bits per heavy atom. The molecule has 15 heavy (non-hydrogen) atoms. The molecular formula is C12H25O3. The average molecular weight is 217 g/mol. The van der Waals surface area contributed by atoms with Crippen molar-refractivity contribution in [2.24, 2.45) is 5.92 Å². The number of hydrogen-bond acceptors (Lipinski definition) is 1. The fourth-order valence-corrected chi connectivity index (χ4v) is 0.880. The van der Waals surface area contributed by atoms with E-state index in [4.69, 9.17) is 5.11 Å². The van der Waals surface area contributed by atoms with Crippen LogP contribution in [0.15, 0.2) is 0 Å². The van der Waals surface area contributed by atoms with Gasteiger partial charge in [0.25, 0.3) is 0 Å². The smallest absolute Gasteiger partial charge is 0.306 e. The molecule has 0 heterocycles. The molecule has 1 N–H and O–H groups in total. The average Bonchev–Trinajstić information content (AvgIpc) is 2.24. The Kier molecular flexibility index (Phi) is 15.1. The van der Waals surface area contributed by atoms with Gasteiger partial charge in [0.15, 0.2) is 0 Å². The first-order valence-electron chi connectivity index (χ1n) is 5.90. The summed E-state index contributed by atoms with van der Waals surface area (Å²) in [7, 11) is 0. The van der Waals surface area contributed by atoms with Crippen molar-refractivity contribution in [2.75, 3.05) is 6.61 Å². The van der Waals surface area contributed by atoms with Gasteiger partial charge in [-0.2, -0.15) is 0 Å². The third-order valence-electron chi connectivity index (χ3n) is 2.28. The standard InChI is InChI=1S/C7H15O.C5H10O2/c1-2-3-4-5-6-7-8;1-3-4(2)5(6)7/h2-7H2,1H3;4H,3H2,1-2H3,(H,6,7). The molecule has 0 saturated heterocycles. The maximum atomic E-state index is 9.93. The lowest BCUT2D eigenvalue weighted by Crippen LogP contribution is -2.06. The van der Waals surface area contributed by atoms with E-state index >= 15 is 0 Å². The van der Waals surface area contributed by atoms with Gasteiger partial charge in [-0.1, -0.05) is 46.5 Å². The summed E-state index contributed by atoms with van der Waals surface area (Å²) in [5.41, 5.74) is 0. The summed E-state index contributed by atoms with van der Waals surface area (Å²) < 4.78 is 0. The summed E-state index contributed by atoms with van der Waals surface area (Å²) in [6.45, 7) is 5.85. The Morgan fingerprint density at radius 1 is 1.13 bits per heavy atom. The molecule has 1 unspecified atom stereocenters. The predicted octanol–water partition coefficient (Wildman–Crippen LogP) is 3.50. The first-order valence-corrected chi connectivity index (χ1v) is 5.90. The number of carboxylic acid groups (broad SMARTS) is 1. The zero-order valence-corrected chi connectivity index (χ0v) is 10.3. The summed E-state index contributed by atoms with van der Waals surface area (Å²) in [4.78, 5) is 9.93. The van der Waals surface area contributed by atoms with Crippen LogP contribution in [0.5, 0.6) is 0 Å². The molecule has 0 saturated carbocycles. The monoisotopic (exact) mass is 217 g/mol. The van der Waals surface area contributed by atoms with Crippen molar-refractivity contribution in [3.05, 3.63) is 0 Å². The minimum Gasteiger partial charge on any atom is -0.481 e. The largest absolute Gasteiger partial charge is 0.481 e. The van der Waals surface area contributed by atoms with Crippen LogP contribution in [0.3, 0.4) is 0 Å². The number of unbranched alkanes of at least 4 members (excludes halogenated alkanes) is 4. The van der Waals surface area contributed by atoms with Crippen LogP contribution in [-0.4, -0.2) is 17.7 Å². The quantitative estimate of drug-likeness (QED) is 0.663. The van der Waals surface area contributed by atoms with Gasteiger partial charge < -0.3 is 5.11 Å². The van der Waals surface area contributed by atoms with Gasteiger partial charge in [-0.3, -0.25) is 4.79 Å². The van der Waals surface area contributed by atoms with Gasteiger partial charge >= 0.3 is 5.97 Å². The molecule has 0 rings (SSSR count). The van der Waals surface area contributed by atoms with Crippen molar-refractivity contribution in [3.8, 4) is 0 Å². The molecule has 1 atom stereocenters. The fourth-order valence-electron chi connectivity index (χ4n) is 0.880. The molecule has 91 valence electrons. The van der Waals surface area contributed by atoms with Gasteiger partial charge in [-0.25, -0.2) is 5.11 Å². The van der Waals surface area contributed by atoms with E-state index in [0.29, 0.717) is 0 Å². The number of carboxylic acids is 1. The van der Waals surface area contributed by atoms with E-state index in [1.807, 2.05) is 6.92 Å². The van der Waals surface area contributed by atoms with Crippen LogP contribution < -0.4 is 0 Å². The first-order chi connectivity index (χ1) is 7.09. The summed E-state index contributed by atoms with van der Waals surface area (Å²) in [5, 5.41) is 18.1. The van der Waals surface area contributed by atoms with Crippen molar-refractivity contribution in [1.82, 2.24) is 0 Å². The highest BCUT2D eigenvalue weighted by Gasteiger charge is 2.05. The van der Waals surface area contributed by atoms with Crippen LogP contribution in [0.2, 0.25) is 0 Å². The van der Waals surface area contributed by atoms with Crippen LogP contribution in [0, 0.1) is 5.92 Å². The second-order valence-corrected chi connectivity index (χ2v) is 3.77. The SMILES string of the molecule is CCC(C)C(=O)O.CCCCCCC[O]. The van der Waals surface area contributed by atoms with Crippen molar-refractivity contribution >= 4 is 5.97 Å². The third kappa shape index (κ3) is 16.1. The van der Waals surface area contributed by atoms with Crippen LogP contribution in [0.1, 0.15) is 59.3 Å². The van der Waals surface area contributed by atoms with Gasteiger partial charge in [-0.15, -0.1) is 0 Å². The maximum Gasteiger partial charge on any atom is 0.306 e. The van der Waals surface area contributed by atoms with E-state index in [-0.39, 0.29) is 12.5 Å². The predicted molar refractivity (Wildman–Crippen MR) is 61.4 cm³/mol. The molecule has 0 aromatic heterocycles. The molecule has 0 aliphatic carbocycles. The topological polar surface area (TPSA) is 57.2 Å². The molecule has 0 aliphatic heterocycles. The summed E-state index contributed by atoms with van der Waals surface area (Å²) in [6.07, 6.45) is 6.53. The zero-order valence-electron chi connectivity index (χ0n) is 10.3. The fraction of sp³-hybridized carbons (Fsp3) is 0.917. The van der Waals surface area contributed by atoms with Crippen LogP contribution >= 0.6 is 0 Å². The first kappa shape index (κ1) is 16.8. The lowest BCUT2D eigenvalue weighted by Gasteiger charge is -1.96. The Balaban J connectivity index is 0. The van der Waals surface area contributed by atoms with Crippen molar-refractivity contribution in [2.45, 2.75) is 59.3 Å². The Hall–Kier alpha value is -0.570. The normalized spacial score (nSPS) is 11.5. The molecule has 0 bridgehead atoms. The highest BCUT2D eigenvalue weighted by atomic mass is 16.4. The number of carbonyl (C=O) groups is 1. The van der Waals surface area contributed by atoms with Gasteiger partial charge in [0.2, 0.25) is 0 Å². The molecule has 0 amide bonds. The van der Waals surface area contributed by atoms with Crippen molar-refractivity contribution < 1.29 is 15.0 Å². The van der Waals surface area contributed by atoms with Gasteiger partial charge in [-0.05, 0) is 12.8 Å². The lowest BCUT2D eigenvalue weighted by molar-refractivity contribution is -0.141.